The number of aliphatic hydroxyl groups is 1. The number of hydrogen-bond acceptors (Lipinski definition) is 3. The van der Waals surface area contributed by atoms with E-state index in [-0.39, 0.29) is 0 Å². The maximum absolute atomic E-state index is 9.45. The van der Waals surface area contributed by atoms with Crippen molar-refractivity contribution in [1.82, 2.24) is 10.2 Å². The number of rotatable bonds is 5. The SMILES string of the molecule is C[C@H](c1ccccc1)N1CC[C@H](N[C@@H]2CCC[C@H]2CO)C1. The zero-order valence-electron chi connectivity index (χ0n) is 13.0. The fourth-order valence-corrected chi connectivity index (χ4v) is 4.00. The summed E-state index contributed by atoms with van der Waals surface area (Å²) in [5.41, 5.74) is 1.41. The van der Waals surface area contributed by atoms with Crippen molar-refractivity contribution in [3.05, 3.63) is 35.9 Å². The van der Waals surface area contributed by atoms with Crippen LogP contribution < -0.4 is 5.32 Å². The molecule has 0 unspecified atom stereocenters. The summed E-state index contributed by atoms with van der Waals surface area (Å²) >= 11 is 0. The molecule has 1 aromatic rings. The smallest absolute Gasteiger partial charge is 0.0474 e. The highest BCUT2D eigenvalue weighted by Crippen LogP contribution is 2.28. The molecule has 1 aromatic carbocycles. The molecule has 0 spiro atoms. The van der Waals surface area contributed by atoms with E-state index in [1.54, 1.807) is 0 Å². The van der Waals surface area contributed by atoms with Crippen LogP contribution in [0.5, 0.6) is 0 Å². The molecule has 4 atom stereocenters. The Hall–Kier alpha value is -0.900. The minimum absolute atomic E-state index is 0.342. The molecule has 1 heterocycles. The van der Waals surface area contributed by atoms with E-state index in [0.717, 1.165) is 6.54 Å². The second-order valence-corrected chi connectivity index (χ2v) is 6.71. The first kappa shape index (κ1) is 15.0. The van der Waals surface area contributed by atoms with Gasteiger partial charge in [0.2, 0.25) is 0 Å². The van der Waals surface area contributed by atoms with Crippen molar-refractivity contribution in [3.63, 3.8) is 0 Å². The number of nitrogens with one attached hydrogen (secondary N) is 1. The van der Waals surface area contributed by atoms with Crippen LogP contribution in [-0.4, -0.2) is 41.8 Å². The molecule has 116 valence electrons. The highest BCUT2D eigenvalue weighted by atomic mass is 16.3. The summed E-state index contributed by atoms with van der Waals surface area (Å²) in [5.74, 6) is 0.477. The highest BCUT2D eigenvalue weighted by Gasteiger charge is 2.32. The van der Waals surface area contributed by atoms with E-state index in [1.807, 2.05) is 0 Å². The molecule has 1 saturated carbocycles. The highest BCUT2D eigenvalue weighted by molar-refractivity contribution is 5.18. The van der Waals surface area contributed by atoms with Gasteiger partial charge >= 0.3 is 0 Å². The molecule has 1 aliphatic heterocycles. The molecule has 0 radical (unpaired) electrons. The third-order valence-electron chi connectivity index (χ3n) is 5.39. The van der Waals surface area contributed by atoms with Crippen LogP contribution in [0, 0.1) is 5.92 Å². The van der Waals surface area contributed by atoms with Gasteiger partial charge in [0.05, 0.1) is 0 Å². The quantitative estimate of drug-likeness (QED) is 0.874. The molecule has 2 N–H and O–H groups in total. The van der Waals surface area contributed by atoms with E-state index in [2.05, 4.69) is 47.5 Å². The standard InChI is InChI=1S/C18H28N2O/c1-14(15-6-3-2-4-7-15)20-11-10-17(12-20)19-18-9-5-8-16(18)13-21/h2-4,6-7,14,16-19,21H,5,8-13H2,1H3/t14-,16+,17+,18-/m1/s1. The van der Waals surface area contributed by atoms with E-state index < -0.39 is 0 Å². The Balaban J connectivity index is 1.53. The summed E-state index contributed by atoms with van der Waals surface area (Å²) < 4.78 is 0. The normalized spacial score (nSPS) is 31.6. The maximum atomic E-state index is 9.45. The number of aliphatic hydroxyl groups excluding tert-OH is 1. The Bertz CT molecular complexity index is 436. The predicted octanol–water partition coefficient (Wildman–Crippen LogP) is 2.57. The Morgan fingerprint density at radius 1 is 1.24 bits per heavy atom. The van der Waals surface area contributed by atoms with Gasteiger partial charge in [-0.2, -0.15) is 0 Å². The summed E-state index contributed by atoms with van der Waals surface area (Å²) in [6.07, 6.45) is 4.91. The Labute approximate surface area is 128 Å². The van der Waals surface area contributed by atoms with Gasteiger partial charge in [0.25, 0.3) is 0 Å². The number of nitrogens with zero attached hydrogens (tertiary/aromatic N) is 1. The fourth-order valence-electron chi connectivity index (χ4n) is 4.00. The third-order valence-corrected chi connectivity index (χ3v) is 5.39. The summed E-state index contributed by atoms with van der Waals surface area (Å²) in [7, 11) is 0. The molecule has 3 rings (SSSR count). The molecule has 1 aliphatic carbocycles. The van der Waals surface area contributed by atoms with E-state index in [9.17, 15) is 5.11 Å². The van der Waals surface area contributed by atoms with Crippen LogP contribution >= 0.6 is 0 Å². The Morgan fingerprint density at radius 3 is 2.81 bits per heavy atom. The zero-order chi connectivity index (χ0) is 14.7. The molecule has 2 fully saturated rings. The third kappa shape index (κ3) is 3.47. The Kier molecular flexibility index (Phi) is 4.94. The fraction of sp³-hybridized carbons (Fsp3) is 0.667. The van der Waals surface area contributed by atoms with Crippen molar-refractivity contribution in [2.24, 2.45) is 5.92 Å². The number of hydrogen-bond donors (Lipinski definition) is 2. The van der Waals surface area contributed by atoms with Crippen LogP contribution in [0.3, 0.4) is 0 Å². The molecule has 0 bridgehead atoms. The molecule has 0 amide bonds. The molecular weight excluding hydrogens is 260 g/mol. The summed E-state index contributed by atoms with van der Waals surface area (Å²) in [5, 5.41) is 13.3. The van der Waals surface area contributed by atoms with Crippen LogP contribution in [-0.2, 0) is 0 Å². The monoisotopic (exact) mass is 288 g/mol. The van der Waals surface area contributed by atoms with Gasteiger partial charge < -0.3 is 10.4 Å². The minimum atomic E-state index is 0.342. The Morgan fingerprint density at radius 2 is 2.05 bits per heavy atom. The molecule has 2 aliphatic rings. The summed E-state index contributed by atoms with van der Waals surface area (Å²) in [4.78, 5) is 2.58. The lowest BCUT2D eigenvalue weighted by Gasteiger charge is -2.27. The van der Waals surface area contributed by atoms with E-state index in [1.165, 1.54) is 37.8 Å². The largest absolute Gasteiger partial charge is 0.396 e. The lowest BCUT2D eigenvalue weighted by molar-refractivity contribution is 0.196. The molecule has 3 heteroatoms. The van der Waals surface area contributed by atoms with Crippen molar-refractivity contribution in [2.75, 3.05) is 19.7 Å². The van der Waals surface area contributed by atoms with Crippen LogP contribution in [0.15, 0.2) is 30.3 Å². The average Bonchev–Trinajstić information content (AvgIpc) is 3.17. The van der Waals surface area contributed by atoms with Crippen molar-refractivity contribution >= 4 is 0 Å². The lowest BCUT2D eigenvalue weighted by Crippen LogP contribution is -2.43. The van der Waals surface area contributed by atoms with Crippen LogP contribution in [0.4, 0.5) is 0 Å². The molecular formula is C18H28N2O. The van der Waals surface area contributed by atoms with E-state index in [4.69, 9.17) is 0 Å². The molecule has 21 heavy (non-hydrogen) atoms. The lowest BCUT2D eigenvalue weighted by atomic mass is 10.0. The van der Waals surface area contributed by atoms with Gasteiger partial charge in [-0.1, -0.05) is 36.8 Å². The summed E-state index contributed by atoms with van der Waals surface area (Å²) in [6, 6.07) is 12.4. The first-order valence-electron chi connectivity index (χ1n) is 8.44. The van der Waals surface area contributed by atoms with E-state index in [0.29, 0.717) is 30.7 Å². The van der Waals surface area contributed by atoms with Gasteiger partial charge in [0.15, 0.2) is 0 Å². The van der Waals surface area contributed by atoms with Gasteiger partial charge in [-0.05, 0) is 37.7 Å². The second kappa shape index (κ2) is 6.91. The summed E-state index contributed by atoms with van der Waals surface area (Å²) in [6.45, 7) is 4.95. The second-order valence-electron chi connectivity index (χ2n) is 6.71. The molecule has 3 nitrogen and oxygen atoms in total. The van der Waals surface area contributed by atoms with Crippen molar-refractivity contribution in [2.45, 2.75) is 50.7 Å². The van der Waals surface area contributed by atoms with Crippen LogP contribution in [0.25, 0.3) is 0 Å². The van der Waals surface area contributed by atoms with Crippen molar-refractivity contribution < 1.29 is 5.11 Å². The van der Waals surface area contributed by atoms with Gasteiger partial charge in [-0.25, -0.2) is 0 Å². The predicted molar refractivity (Wildman–Crippen MR) is 86.2 cm³/mol. The van der Waals surface area contributed by atoms with Gasteiger partial charge in [0, 0.05) is 37.8 Å². The van der Waals surface area contributed by atoms with Crippen molar-refractivity contribution in [3.8, 4) is 0 Å². The van der Waals surface area contributed by atoms with Gasteiger partial charge in [-0.15, -0.1) is 0 Å². The van der Waals surface area contributed by atoms with Gasteiger partial charge in [0.1, 0.15) is 0 Å². The average molecular weight is 288 g/mol. The van der Waals surface area contributed by atoms with E-state index >= 15 is 0 Å². The number of likely N-dealkylation sites (tertiary alicyclic amines) is 1. The molecule has 1 saturated heterocycles. The number of benzene rings is 1. The zero-order valence-corrected chi connectivity index (χ0v) is 13.0. The topological polar surface area (TPSA) is 35.5 Å². The van der Waals surface area contributed by atoms with Crippen LogP contribution in [0.2, 0.25) is 0 Å². The maximum Gasteiger partial charge on any atom is 0.0474 e. The first-order valence-corrected chi connectivity index (χ1v) is 8.44. The van der Waals surface area contributed by atoms with Crippen molar-refractivity contribution in [1.29, 1.82) is 0 Å². The van der Waals surface area contributed by atoms with Gasteiger partial charge in [-0.3, -0.25) is 4.90 Å². The minimum Gasteiger partial charge on any atom is -0.396 e. The molecule has 0 aromatic heterocycles. The van der Waals surface area contributed by atoms with Crippen LogP contribution in [0.1, 0.15) is 44.2 Å². The first-order chi connectivity index (χ1) is 10.3.